The summed E-state index contributed by atoms with van der Waals surface area (Å²) in [5.41, 5.74) is 0.486. The van der Waals surface area contributed by atoms with E-state index >= 15 is 0 Å². The van der Waals surface area contributed by atoms with Crippen LogP contribution in [-0.4, -0.2) is 26.4 Å². The van der Waals surface area contributed by atoms with E-state index in [2.05, 4.69) is 101 Å². The van der Waals surface area contributed by atoms with E-state index in [1.165, 1.54) is 42.5 Å². The molecule has 4 rings (SSSR count). The summed E-state index contributed by atoms with van der Waals surface area (Å²) in [6.45, 7) is 15.8. The van der Waals surface area contributed by atoms with Gasteiger partial charge in [0.1, 0.15) is 8.07 Å². The van der Waals surface area contributed by atoms with E-state index in [0.29, 0.717) is 11.8 Å². The van der Waals surface area contributed by atoms with E-state index in [1.807, 2.05) is 0 Å². The molecule has 0 N–H and O–H groups in total. The van der Waals surface area contributed by atoms with Crippen LogP contribution in [0.5, 0.6) is 0 Å². The maximum Gasteiger partial charge on any atom is 0.490 e. The fourth-order valence-electron chi connectivity index (χ4n) is 5.76. The maximum atomic E-state index is 6.52. The normalized spacial score (nSPS) is 21.7. The third-order valence-corrected chi connectivity index (χ3v) is 13.2. The fourth-order valence-corrected chi connectivity index (χ4v) is 9.90. The van der Waals surface area contributed by atoms with E-state index < -0.39 is 8.07 Å². The molecule has 2 fully saturated rings. The van der Waals surface area contributed by atoms with Crippen molar-refractivity contribution in [3.63, 3.8) is 0 Å². The average molecular weight is 461 g/mol. The molecule has 0 radical (unpaired) electrons. The minimum atomic E-state index is -2.01. The molecular formula is C29H41BO2Si. The summed E-state index contributed by atoms with van der Waals surface area (Å²) in [5.74, 6) is 1.06. The number of allylic oxidation sites excluding steroid dienone is 1. The molecule has 2 nitrogen and oxygen atoms in total. The summed E-state index contributed by atoms with van der Waals surface area (Å²) in [5, 5.41) is 3.00. The van der Waals surface area contributed by atoms with Crippen LogP contribution in [0, 0.1) is 11.8 Å². The zero-order valence-electron chi connectivity index (χ0n) is 21.3. The Labute approximate surface area is 202 Å². The van der Waals surface area contributed by atoms with Crippen LogP contribution < -0.4 is 10.4 Å². The van der Waals surface area contributed by atoms with Crippen LogP contribution in [0.15, 0.2) is 72.7 Å². The first kappa shape index (κ1) is 24.5. The van der Waals surface area contributed by atoms with E-state index in [-0.39, 0.29) is 18.3 Å². The Morgan fingerprint density at radius 3 is 1.79 bits per heavy atom. The molecule has 0 bridgehead atoms. The summed E-state index contributed by atoms with van der Waals surface area (Å²) in [6, 6.07) is 23.6. The van der Waals surface area contributed by atoms with Gasteiger partial charge in [0.2, 0.25) is 0 Å². The molecule has 0 aromatic heterocycles. The molecule has 1 saturated carbocycles. The lowest BCUT2D eigenvalue weighted by molar-refractivity contribution is 0.00578. The van der Waals surface area contributed by atoms with Crippen LogP contribution in [0.3, 0.4) is 0 Å². The Hall–Kier alpha value is -1.62. The Morgan fingerprint density at radius 1 is 0.879 bits per heavy atom. The topological polar surface area (TPSA) is 18.5 Å². The molecule has 0 amide bonds. The molecular weight excluding hydrogens is 419 g/mol. The highest BCUT2D eigenvalue weighted by molar-refractivity contribution is 7.01. The molecule has 1 heterocycles. The van der Waals surface area contributed by atoms with Crippen molar-refractivity contribution in [1.29, 1.82) is 0 Å². The first-order chi connectivity index (χ1) is 15.6. The first-order valence-electron chi connectivity index (χ1n) is 12.8. The molecule has 2 aromatic rings. The lowest BCUT2D eigenvalue weighted by Gasteiger charge is -2.39. The molecule has 1 unspecified atom stereocenters. The van der Waals surface area contributed by atoms with Gasteiger partial charge in [0.15, 0.2) is 0 Å². The van der Waals surface area contributed by atoms with Crippen LogP contribution in [-0.2, 0) is 9.31 Å². The Balaban J connectivity index is 1.71. The summed E-state index contributed by atoms with van der Waals surface area (Å²) in [7, 11) is -2.33. The Kier molecular flexibility index (Phi) is 7.10. The van der Waals surface area contributed by atoms with Crippen molar-refractivity contribution in [2.45, 2.75) is 83.6 Å². The number of benzene rings is 2. The van der Waals surface area contributed by atoms with Crippen molar-refractivity contribution in [2.24, 2.45) is 11.8 Å². The third kappa shape index (κ3) is 4.94. The van der Waals surface area contributed by atoms with Crippen LogP contribution in [0.4, 0.5) is 0 Å². The molecule has 2 aromatic carbocycles. The second-order valence-corrected chi connectivity index (χ2v) is 15.7. The van der Waals surface area contributed by atoms with Gasteiger partial charge in [0, 0.05) is 0 Å². The fraction of sp³-hybridized carbons (Fsp3) is 0.517. The highest BCUT2D eigenvalue weighted by Crippen LogP contribution is 2.44. The summed E-state index contributed by atoms with van der Waals surface area (Å²) in [6.07, 6.45) is 6.59. The van der Waals surface area contributed by atoms with Crippen LogP contribution in [0.2, 0.25) is 12.6 Å². The molecule has 4 heteroatoms. The second-order valence-electron chi connectivity index (χ2n) is 11.4. The van der Waals surface area contributed by atoms with Gasteiger partial charge in [0.25, 0.3) is 0 Å². The molecule has 1 saturated heterocycles. The minimum absolute atomic E-state index is 0.327. The van der Waals surface area contributed by atoms with Gasteiger partial charge in [-0.1, -0.05) is 96.8 Å². The maximum absolute atomic E-state index is 6.52. The van der Waals surface area contributed by atoms with Gasteiger partial charge in [-0.25, -0.2) is 0 Å². The molecule has 2 aliphatic rings. The van der Waals surface area contributed by atoms with Gasteiger partial charge < -0.3 is 9.31 Å². The second kappa shape index (κ2) is 9.56. The third-order valence-electron chi connectivity index (χ3n) is 8.70. The van der Waals surface area contributed by atoms with Crippen molar-refractivity contribution in [1.82, 2.24) is 0 Å². The van der Waals surface area contributed by atoms with E-state index in [4.69, 9.17) is 9.31 Å². The molecule has 176 valence electrons. The van der Waals surface area contributed by atoms with Crippen molar-refractivity contribution >= 4 is 25.6 Å². The van der Waals surface area contributed by atoms with Gasteiger partial charge in [-0.2, -0.15) is 0 Å². The largest absolute Gasteiger partial charge is 0.490 e. The van der Waals surface area contributed by atoms with Crippen LogP contribution in [0.1, 0.15) is 59.8 Å². The zero-order chi connectivity index (χ0) is 23.7. The average Bonchev–Trinajstić information content (AvgIpc) is 3.05. The number of hydrogen-bond donors (Lipinski definition) is 0. The van der Waals surface area contributed by atoms with E-state index in [0.717, 1.165) is 11.5 Å². The minimum Gasteiger partial charge on any atom is -0.400 e. The zero-order valence-corrected chi connectivity index (χ0v) is 22.3. The quantitative estimate of drug-likeness (QED) is 0.454. The molecule has 33 heavy (non-hydrogen) atoms. The lowest BCUT2D eigenvalue weighted by atomic mass is 9.65. The van der Waals surface area contributed by atoms with Crippen LogP contribution >= 0.6 is 0 Å². The van der Waals surface area contributed by atoms with Crippen LogP contribution in [0.25, 0.3) is 0 Å². The van der Waals surface area contributed by atoms with Gasteiger partial charge >= 0.3 is 7.12 Å². The summed E-state index contributed by atoms with van der Waals surface area (Å²) >= 11 is 0. The highest BCUT2D eigenvalue weighted by Gasteiger charge is 2.54. The smallest absolute Gasteiger partial charge is 0.400 e. The Bertz CT molecular complexity index is 879. The van der Waals surface area contributed by atoms with Crippen molar-refractivity contribution in [2.75, 3.05) is 0 Å². The molecule has 1 aliphatic heterocycles. The SMILES string of the molecule is C=C(B1OC(C)(C)C(C)(C)O1)C(C[Si](C)(c1ccccc1)c1ccccc1)C1CCCCC1. The first-order valence-corrected chi connectivity index (χ1v) is 15.5. The Morgan fingerprint density at radius 2 is 1.33 bits per heavy atom. The van der Waals surface area contributed by atoms with Crippen molar-refractivity contribution < 1.29 is 9.31 Å². The number of rotatable bonds is 7. The van der Waals surface area contributed by atoms with Gasteiger partial charge in [0.05, 0.1) is 11.2 Å². The standard InChI is InChI=1S/C29H41BO2Si/c1-23(30-31-28(2,3)29(4,5)32-30)27(24-16-10-7-11-17-24)22-33(6,25-18-12-8-13-19-25)26-20-14-9-15-21-26/h8-9,12-15,18-21,24,27H,1,7,10-11,16-17,22H2,2-6H3. The van der Waals surface area contributed by atoms with E-state index in [9.17, 15) is 0 Å². The lowest BCUT2D eigenvalue weighted by Crippen LogP contribution is -2.57. The molecule has 1 aliphatic carbocycles. The van der Waals surface area contributed by atoms with Crippen molar-refractivity contribution in [3.8, 4) is 0 Å². The monoisotopic (exact) mass is 460 g/mol. The van der Waals surface area contributed by atoms with Crippen molar-refractivity contribution in [3.05, 3.63) is 72.7 Å². The molecule has 0 spiro atoms. The predicted molar refractivity (Wildman–Crippen MR) is 144 cm³/mol. The van der Waals surface area contributed by atoms with E-state index in [1.54, 1.807) is 0 Å². The highest BCUT2D eigenvalue weighted by atomic mass is 28.3. The van der Waals surface area contributed by atoms with Gasteiger partial charge in [-0.3, -0.25) is 0 Å². The van der Waals surface area contributed by atoms with Gasteiger partial charge in [-0.05, 0) is 63.9 Å². The predicted octanol–water partition coefficient (Wildman–Crippen LogP) is 6.26. The van der Waals surface area contributed by atoms with Gasteiger partial charge in [-0.15, -0.1) is 6.58 Å². The number of hydrogen-bond acceptors (Lipinski definition) is 2. The summed E-state index contributed by atoms with van der Waals surface area (Å²) < 4.78 is 13.0. The molecule has 1 atom stereocenters. The summed E-state index contributed by atoms with van der Waals surface area (Å²) in [4.78, 5) is 0.